The highest BCUT2D eigenvalue weighted by atomic mass is 16.5. The van der Waals surface area contributed by atoms with Crippen LogP contribution in [0.15, 0.2) is 36.5 Å². The number of carbonyl (C=O) groups is 2. The Bertz CT molecular complexity index is 1330. The van der Waals surface area contributed by atoms with Gasteiger partial charge < -0.3 is 20.3 Å². The lowest BCUT2D eigenvalue weighted by Gasteiger charge is -2.20. The van der Waals surface area contributed by atoms with Crippen molar-refractivity contribution in [1.29, 1.82) is 0 Å². The number of aliphatic hydroxyl groups is 2. The van der Waals surface area contributed by atoms with Gasteiger partial charge in [0.2, 0.25) is 5.91 Å². The summed E-state index contributed by atoms with van der Waals surface area (Å²) in [6.07, 6.45) is 92.5. The van der Waals surface area contributed by atoms with Gasteiger partial charge in [0.05, 0.1) is 25.4 Å². The summed E-state index contributed by atoms with van der Waals surface area (Å²) in [5, 5.41) is 23.2. The Labute approximate surface area is 513 Å². The number of nitrogens with one attached hydrogen (secondary N) is 1. The summed E-state index contributed by atoms with van der Waals surface area (Å²) >= 11 is 0. The summed E-state index contributed by atoms with van der Waals surface area (Å²) < 4.78 is 5.48. The molecule has 3 N–H and O–H groups in total. The number of rotatable bonds is 70. The number of hydrogen-bond donors (Lipinski definition) is 3. The van der Waals surface area contributed by atoms with Gasteiger partial charge in [0, 0.05) is 12.8 Å². The Morgan fingerprint density at radius 2 is 0.573 bits per heavy atom. The Balaban J connectivity index is 3.36. The topological polar surface area (TPSA) is 95.9 Å². The van der Waals surface area contributed by atoms with E-state index in [1.54, 1.807) is 6.08 Å². The zero-order chi connectivity index (χ0) is 59.2. The van der Waals surface area contributed by atoms with Gasteiger partial charge >= 0.3 is 5.97 Å². The predicted octanol–water partition coefficient (Wildman–Crippen LogP) is 24.3. The highest BCUT2D eigenvalue weighted by Gasteiger charge is 2.18. The van der Waals surface area contributed by atoms with Crippen LogP contribution in [0.25, 0.3) is 0 Å². The highest BCUT2D eigenvalue weighted by Crippen LogP contribution is 2.19. The molecule has 0 fully saturated rings. The highest BCUT2D eigenvalue weighted by molar-refractivity contribution is 5.76. The smallest absolute Gasteiger partial charge is 0.305 e. The molecular formula is C76H145NO5. The lowest BCUT2D eigenvalue weighted by molar-refractivity contribution is -0.143. The largest absolute Gasteiger partial charge is 0.466 e. The fourth-order valence-corrected chi connectivity index (χ4v) is 11.7. The third-order valence-electron chi connectivity index (χ3n) is 17.4. The Morgan fingerprint density at radius 1 is 0.329 bits per heavy atom. The molecule has 0 heterocycles. The van der Waals surface area contributed by atoms with E-state index in [4.69, 9.17) is 4.74 Å². The Hall–Kier alpha value is -1.92. The van der Waals surface area contributed by atoms with Crippen LogP contribution in [0.3, 0.4) is 0 Å². The lowest BCUT2D eigenvalue weighted by atomic mass is 10.0. The number of carbonyl (C=O) groups excluding carboxylic acids is 2. The van der Waals surface area contributed by atoms with Crippen LogP contribution < -0.4 is 5.32 Å². The van der Waals surface area contributed by atoms with Crippen LogP contribution in [-0.4, -0.2) is 47.4 Å². The predicted molar refractivity (Wildman–Crippen MR) is 361 cm³/mol. The molecule has 0 aromatic carbocycles. The van der Waals surface area contributed by atoms with Crippen molar-refractivity contribution in [2.24, 2.45) is 0 Å². The molecule has 0 saturated carbocycles. The second kappa shape index (κ2) is 71.6. The molecule has 484 valence electrons. The quantitative estimate of drug-likeness (QED) is 0.0320. The molecule has 0 radical (unpaired) electrons. The maximum Gasteiger partial charge on any atom is 0.305 e. The molecule has 0 bridgehead atoms. The number of amides is 1. The van der Waals surface area contributed by atoms with Crippen LogP contribution in [0.5, 0.6) is 0 Å². The third kappa shape index (κ3) is 67.2. The maximum absolute atomic E-state index is 12.5. The number of unbranched alkanes of at least 4 members (excludes halogenated alkanes) is 55. The molecular weight excluding hydrogens is 1010 g/mol. The third-order valence-corrected chi connectivity index (χ3v) is 17.4. The first kappa shape index (κ1) is 80.1. The number of esters is 1. The SMILES string of the molecule is CCCCC/C=C\CCCCCCCC(=O)OCCCCCCCCCCCCCCCC/C=C\CCCCCCCCCCCCCCCCCCCC(=O)NC(CO)C(O)/C=C/CCCCCCCCCCCCCCCCCC. The van der Waals surface area contributed by atoms with Gasteiger partial charge in [-0.1, -0.05) is 352 Å². The first-order valence-electron chi connectivity index (χ1n) is 37.3. The molecule has 1 amide bonds. The van der Waals surface area contributed by atoms with Crippen LogP contribution >= 0.6 is 0 Å². The minimum Gasteiger partial charge on any atom is -0.466 e. The van der Waals surface area contributed by atoms with E-state index >= 15 is 0 Å². The molecule has 0 aliphatic heterocycles. The van der Waals surface area contributed by atoms with Crippen molar-refractivity contribution in [3.05, 3.63) is 36.5 Å². The average molecular weight is 1150 g/mol. The summed E-state index contributed by atoms with van der Waals surface area (Å²) in [6, 6.07) is -0.626. The molecule has 82 heavy (non-hydrogen) atoms. The van der Waals surface area contributed by atoms with Gasteiger partial charge in [-0.15, -0.1) is 0 Å². The molecule has 0 saturated heterocycles. The van der Waals surface area contributed by atoms with Crippen molar-refractivity contribution in [3.8, 4) is 0 Å². The van der Waals surface area contributed by atoms with Crippen LogP contribution in [0.1, 0.15) is 412 Å². The number of hydrogen-bond acceptors (Lipinski definition) is 5. The number of ether oxygens (including phenoxy) is 1. The van der Waals surface area contributed by atoms with Crippen molar-refractivity contribution in [1.82, 2.24) is 5.32 Å². The normalized spacial score (nSPS) is 12.7. The van der Waals surface area contributed by atoms with E-state index in [9.17, 15) is 19.8 Å². The lowest BCUT2D eigenvalue weighted by Crippen LogP contribution is -2.45. The minimum atomic E-state index is -0.842. The molecule has 0 aromatic rings. The Kier molecular flexibility index (Phi) is 69.9. The minimum absolute atomic E-state index is 0.0102. The van der Waals surface area contributed by atoms with Gasteiger partial charge in [-0.3, -0.25) is 9.59 Å². The molecule has 0 aliphatic carbocycles. The molecule has 6 heteroatoms. The molecule has 0 spiro atoms. The molecule has 0 rings (SSSR count). The molecule has 0 aromatic heterocycles. The van der Waals surface area contributed by atoms with Gasteiger partial charge in [0.1, 0.15) is 0 Å². The van der Waals surface area contributed by atoms with Crippen LogP contribution in [0, 0.1) is 0 Å². The van der Waals surface area contributed by atoms with Crippen molar-refractivity contribution in [2.45, 2.75) is 424 Å². The Morgan fingerprint density at radius 3 is 0.890 bits per heavy atom. The monoisotopic (exact) mass is 1150 g/mol. The molecule has 0 aliphatic rings. The fourth-order valence-electron chi connectivity index (χ4n) is 11.7. The van der Waals surface area contributed by atoms with Crippen LogP contribution in [0.2, 0.25) is 0 Å². The standard InChI is InChI=1S/C76H145NO5/c1-3-5-7-9-11-13-15-17-18-19-39-42-45-48-52-56-60-64-68-74(79)73(72-78)77-75(80)69-65-61-57-53-49-46-43-40-37-35-33-31-29-27-25-23-21-20-22-24-26-28-30-32-34-36-38-41-44-47-51-55-59-63-67-71-82-76(81)70-66-62-58-54-50-16-14-12-10-8-6-4-2/h12,14,22,24,64,68,73-74,78-79H,3-11,13,15-21,23,25-63,65-67,69-72H2,1-2H3,(H,77,80)/b14-12-,24-22-,68-64+. The van der Waals surface area contributed by atoms with E-state index in [1.807, 2.05) is 6.08 Å². The summed E-state index contributed by atoms with van der Waals surface area (Å²) in [5.74, 6) is -0.0508. The van der Waals surface area contributed by atoms with E-state index in [0.717, 1.165) is 44.9 Å². The van der Waals surface area contributed by atoms with E-state index in [1.165, 1.54) is 340 Å². The van der Waals surface area contributed by atoms with E-state index in [0.29, 0.717) is 19.4 Å². The van der Waals surface area contributed by atoms with Gasteiger partial charge in [-0.2, -0.15) is 0 Å². The maximum atomic E-state index is 12.5. The zero-order valence-electron chi connectivity index (χ0n) is 55.5. The van der Waals surface area contributed by atoms with Crippen LogP contribution in [-0.2, 0) is 14.3 Å². The fraction of sp³-hybridized carbons (Fsp3) is 0.895. The molecule has 2 atom stereocenters. The first-order valence-corrected chi connectivity index (χ1v) is 37.3. The van der Waals surface area contributed by atoms with Crippen molar-refractivity contribution in [2.75, 3.05) is 13.2 Å². The van der Waals surface area contributed by atoms with Gasteiger partial charge in [0.15, 0.2) is 0 Å². The van der Waals surface area contributed by atoms with Gasteiger partial charge in [0.25, 0.3) is 0 Å². The zero-order valence-corrected chi connectivity index (χ0v) is 55.5. The van der Waals surface area contributed by atoms with Gasteiger partial charge in [-0.25, -0.2) is 0 Å². The van der Waals surface area contributed by atoms with E-state index < -0.39 is 12.1 Å². The van der Waals surface area contributed by atoms with Crippen molar-refractivity contribution in [3.63, 3.8) is 0 Å². The van der Waals surface area contributed by atoms with E-state index in [2.05, 4.69) is 43.5 Å². The van der Waals surface area contributed by atoms with Crippen molar-refractivity contribution >= 4 is 11.9 Å². The van der Waals surface area contributed by atoms with Gasteiger partial charge in [-0.05, 0) is 83.5 Å². The second-order valence-electron chi connectivity index (χ2n) is 25.6. The van der Waals surface area contributed by atoms with Crippen molar-refractivity contribution < 1.29 is 24.5 Å². The average Bonchev–Trinajstić information content (AvgIpc) is 3.48. The number of allylic oxidation sites excluding steroid dienone is 5. The first-order chi connectivity index (χ1) is 40.5. The molecule has 2 unspecified atom stereocenters. The number of aliphatic hydroxyl groups excluding tert-OH is 2. The summed E-state index contributed by atoms with van der Waals surface area (Å²) in [6.45, 7) is 4.91. The summed E-state index contributed by atoms with van der Waals surface area (Å²) in [7, 11) is 0. The second-order valence-corrected chi connectivity index (χ2v) is 25.6. The molecule has 6 nitrogen and oxygen atoms in total. The summed E-state index contributed by atoms with van der Waals surface area (Å²) in [5.41, 5.74) is 0. The van der Waals surface area contributed by atoms with E-state index in [-0.39, 0.29) is 18.5 Å². The van der Waals surface area contributed by atoms with Crippen LogP contribution in [0.4, 0.5) is 0 Å². The summed E-state index contributed by atoms with van der Waals surface area (Å²) in [4.78, 5) is 24.5.